The molecule has 29 heavy (non-hydrogen) atoms. The van der Waals surface area contributed by atoms with Gasteiger partial charge in [-0.2, -0.15) is 0 Å². The molecule has 0 aliphatic rings. The molecule has 2 N–H and O–H groups in total. The molecule has 2 atom stereocenters. The topological polar surface area (TPSA) is 103 Å². The van der Waals surface area contributed by atoms with Crippen molar-refractivity contribution < 1.29 is 28.6 Å². The smallest absolute Gasteiger partial charge is 0.408 e. The number of hydrogen-bond acceptors (Lipinski definition) is 6. The number of carbonyl (C=O) groups is 3. The van der Waals surface area contributed by atoms with Gasteiger partial charge in [-0.05, 0) is 54.0 Å². The van der Waals surface area contributed by atoms with Crippen molar-refractivity contribution in [3.05, 3.63) is 35.9 Å². The van der Waals surface area contributed by atoms with E-state index in [1.807, 2.05) is 30.3 Å². The van der Waals surface area contributed by atoms with Crippen molar-refractivity contribution in [1.29, 1.82) is 0 Å². The van der Waals surface area contributed by atoms with E-state index < -0.39 is 41.4 Å². The molecule has 0 spiro atoms. The van der Waals surface area contributed by atoms with Gasteiger partial charge in [0.05, 0.1) is 6.04 Å². The summed E-state index contributed by atoms with van der Waals surface area (Å²) in [6, 6.07) is 7.16. The molecule has 0 saturated heterocycles. The van der Waals surface area contributed by atoms with Crippen LogP contribution in [0.2, 0.25) is 0 Å². The highest BCUT2D eigenvalue weighted by molar-refractivity contribution is 5.83. The number of amides is 2. The largest absolute Gasteiger partial charge is 0.458 e. The fourth-order valence-electron chi connectivity index (χ4n) is 2.22. The van der Waals surface area contributed by atoms with E-state index >= 15 is 0 Å². The second-order valence-corrected chi connectivity index (χ2v) is 8.65. The van der Waals surface area contributed by atoms with Crippen LogP contribution in [-0.2, 0) is 25.6 Å². The zero-order valence-corrected chi connectivity index (χ0v) is 18.2. The molecular formula is C21H32N2O6. The first-order chi connectivity index (χ1) is 13.3. The number of alkyl carbamates (subject to hydrolysis) is 2. The Kier molecular flexibility index (Phi) is 8.48. The zero-order chi connectivity index (χ0) is 22.2. The van der Waals surface area contributed by atoms with Crippen LogP contribution in [0.1, 0.15) is 54.0 Å². The third-order valence-corrected chi connectivity index (χ3v) is 3.39. The van der Waals surface area contributed by atoms with Gasteiger partial charge in [0.25, 0.3) is 0 Å². The van der Waals surface area contributed by atoms with Crippen LogP contribution in [0.5, 0.6) is 0 Å². The summed E-state index contributed by atoms with van der Waals surface area (Å²) in [5.41, 5.74) is -0.666. The van der Waals surface area contributed by atoms with Crippen LogP contribution >= 0.6 is 0 Å². The maximum atomic E-state index is 12.6. The highest BCUT2D eigenvalue weighted by Gasteiger charge is 2.33. The predicted molar refractivity (Wildman–Crippen MR) is 108 cm³/mol. The Morgan fingerprint density at radius 3 is 1.93 bits per heavy atom. The summed E-state index contributed by atoms with van der Waals surface area (Å²) in [5, 5.41) is 5.02. The van der Waals surface area contributed by atoms with Gasteiger partial charge in [-0.15, -0.1) is 0 Å². The molecule has 0 bridgehead atoms. The normalized spacial score (nSPS) is 13.6. The van der Waals surface area contributed by atoms with Gasteiger partial charge in [-0.25, -0.2) is 14.4 Å². The van der Waals surface area contributed by atoms with Gasteiger partial charge in [0.1, 0.15) is 23.9 Å². The fraction of sp³-hybridized carbons (Fsp3) is 0.571. The molecule has 0 aromatic heterocycles. The van der Waals surface area contributed by atoms with E-state index in [9.17, 15) is 14.4 Å². The van der Waals surface area contributed by atoms with E-state index in [0.717, 1.165) is 5.56 Å². The Balaban J connectivity index is 2.80. The number of esters is 1. The Labute approximate surface area is 172 Å². The van der Waals surface area contributed by atoms with Gasteiger partial charge in [0.2, 0.25) is 0 Å². The quantitative estimate of drug-likeness (QED) is 0.551. The standard InChI is InChI=1S/C21H32N2O6/c1-14(22-19(26)29-21(5,6)7)16(17(24)28-20(2,3)4)23-18(25)27-13-15-11-9-8-10-12-15/h8-12,14,16H,13H2,1-7H3,(H,22,26)(H,23,25)/t14-,16-/m1/s1. The minimum Gasteiger partial charge on any atom is -0.458 e. The van der Waals surface area contributed by atoms with Crippen molar-refractivity contribution in [3.8, 4) is 0 Å². The van der Waals surface area contributed by atoms with Crippen LogP contribution in [0.25, 0.3) is 0 Å². The fourth-order valence-corrected chi connectivity index (χ4v) is 2.22. The molecule has 8 heteroatoms. The van der Waals surface area contributed by atoms with E-state index in [4.69, 9.17) is 14.2 Å². The minimum atomic E-state index is -1.16. The lowest BCUT2D eigenvalue weighted by Gasteiger charge is -2.29. The SMILES string of the molecule is C[C@@H](NC(=O)OC(C)(C)C)[C@@H](NC(=O)OCc1ccccc1)C(=O)OC(C)(C)C. The first-order valence-corrected chi connectivity index (χ1v) is 9.46. The Morgan fingerprint density at radius 2 is 1.41 bits per heavy atom. The molecule has 0 aliphatic heterocycles. The minimum absolute atomic E-state index is 0.0432. The molecule has 8 nitrogen and oxygen atoms in total. The Morgan fingerprint density at radius 1 is 0.862 bits per heavy atom. The van der Waals surface area contributed by atoms with E-state index in [0.29, 0.717) is 0 Å². The molecule has 2 amide bonds. The molecular weight excluding hydrogens is 376 g/mol. The van der Waals surface area contributed by atoms with Crippen LogP contribution in [-0.4, -0.2) is 41.4 Å². The van der Waals surface area contributed by atoms with Gasteiger partial charge >= 0.3 is 18.2 Å². The van der Waals surface area contributed by atoms with E-state index in [1.165, 1.54) is 0 Å². The third-order valence-electron chi connectivity index (χ3n) is 3.39. The molecule has 0 fully saturated rings. The van der Waals surface area contributed by atoms with Crippen LogP contribution in [0.3, 0.4) is 0 Å². The van der Waals surface area contributed by atoms with Gasteiger partial charge in [-0.1, -0.05) is 30.3 Å². The summed E-state index contributed by atoms with van der Waals surface area (Å²) < 4.78 is 15.7. The van der Waals surface area contributed by atoms with Gasteiger partial charge in [0.15, 0.2) is 0 Å². The molecule has 0 heterocycles. The summed E-state index contributed by atoms with van der Waals surface area (Å²) in [7, 11) is 0. The molecule has 1 rings (SSSR count). The van der Waals surface area contributed by atoms with E-state index in [2.05, 4.69) is 10.6 Å². The van der Waals surface area contributed by atoms with Crippen molar-refractivity contribution in [2.45, 2.75) is 78.4 Å². The number of hydrogen-bond donors (Lipinski definition) is 2. The lowest BCUT2D eigenvalue weighted by molar-refractivity contribution is -0.158. The number of ether oxygens (including phenoxy) is 3. The van der Waals surface area contributed by atoms with Crippen LogP contribution in [0.4, 0.5) is 9.59 Å². The Bertz CT molecular complexity index is 691. The zero-order valence-electron chi connectivity index (χ0n) is 18.2. The monoisotopic (exact) mass is 408 g/mol. The molecule has 1 aromatic carbocycles. The average Bonchev–Trinajstić information content (AvgIpc) is 2.55. The first-order valence-electron chi connectivity index (χ1n) is 9.46. The predicted octanol–water partition coefficient (Wildman–Crippen LogP) is 3.54. The van der Waals surface area contributed by atoms with Gasteiger partial charge < -0.3 is 24.8 Å². The number of carbonyl (C=O) groups excluding carboxylic acids is 3. The molecule has 0 unspecified atom stereocenters. The number of rotatable bonds is 6. The molecule has 0 saturated carbocycles. The number of nitrogens with one attached hydrogen (secondary N) is 2. The second kappa shape index (κ2) is 10.1. The second-order valence-electron chi connectivity index (χ2n) is 8.65. The maximum Gasteiger partial charge on any atom is 0.408 e. The maximum absolute atomic E-state index is 12.6. The van der Waals surface area contributed by atoms with E-state index in [-0.39, 0.29) is 6.61 Å². The average molecular weight is 408 g/mol. The van der Waals surface area contributed by atoms with E-state index in [1.54, 1.807) is 48.5 Å². The molecule has 0 radical (unpaired) electrons. The molecule has 0 aliphatic carbocycles. The van der Waals surface area contributed by atoms with Crippen LogP contribution in [0.15, 0.2) is 30.3 Å². The van der Waals surface area contributed by atoms with Crippen molar-refractivity contribution in [1.82, 2.24) is 10.6 Å². The summed E-state index contributed by atoms with van der Waals surface area (Å²) >= 11 is 0. The molecule has 1 aromatic rings. The third kappa shape index (κ3) is 10.4. The van der Waals surface area contributed by atoms with Crippen molar-refractivity contribution in [2.24, 2.45) is 0 Å². The first kappa shape index (κ1) is 24.3. The summed E-state index contributed by atoms with van der Waals surface area (Å²) in [6.45, 7) is 11.9. The Hall–Kier alpha value is -2.77. The summed E-state index contributed by atoms with van der Waals surface area (Å²) in [5.74, 6) is -0.697. The van der Waals surface area contributed by atoms with Crippen molar-refractivity contribution in [2.75, 3.05) is 0 Å². The summed E-state index contributed by atoms with van der Waals surface area (Å²) in [4.78, 5) is 36.9. The van der Waals surface area contributed by atoms with Gasteiger partial charge in [0, 0.05) is 0 Å². The lowest BCUT2D eigenvalue weighted by atomic mass is 10.1. The number of benzene rings is 1. The lowest BCUT2D eigenvalue weighted by Crippen LogP contribution is -2.56. The van der Waals surface area contributed by atoms with Crippen molar-refractivity contribution in [3.63, 3.8) is 0 Å². The highest BCUT2D eigenvalue weighted by Crippen LogP contribution is 2.12. The van der Waals surface area contributed by atoms with Crippen LogP contribution < -0.4 is 10.6 Å². The summed E-state index contributed by atoms with van der Waals surface area (Å²) in [6.07, 6.45) is -1.51. The van der Waals surface area contributed by atoms with Crippen LogP contribution in [0, 0.1) is 0 Å². The van der Waals surface area contributed by atoms with Crippen molar-refractivity contribution >= 4 is 18.2 Å². The molecule has 162 valence electrons. The highest BCUT2D eigenvalue weighted by atomic mass is 16.6. The van der Waals surface area contributed by atoms with Gasteiger partial charge in [-0.3, -0.25) is 0 Å².